The van der Waals surface area contributed by atoms with E-state index in [9.17, 15) is 27.5 Å². The van der Waals surface area contributed by atoms with Crippen LogP contribution in [0.25, 0.3) is 11.1 Å². The van der Waals surface area contributed by atoms with Crippen molar-refractivity contribution in [3.8, 4) is 16.9 Å². The zero-order chi connectivity index (χ0) is 23.6. The van der Waals surface area contributed by atoms with E-state index in [2.05, 4.69) is 20.0 Å². The minimum absolute atomic E-state index is 0.174. The van der Waals surface area contributed by atoms with Crippen LogP contribution >= 0.6 is 0 Å². The molecule has 0 saturated carbocycles. The van der Waals surface area contributed by atoms with Gasteiger partial charge in [0.1, 0.15) is 11.6 Å². The fraction of sp³-hybridized carbons (Fsp3) is 0.227. The molecule has 172 valence electrons. The van der Waals surface area contributed by atoms with Crippen LogP contribution in [0.2, 0.25) is 0 Å². The van der Waals surface area contributed by atoms with Gasteiger partial charge >= 0.3 is 6.36 Å². The van der Waals surface area contributed by atoms with Gasteiger partial charge in [0.05, 0.1) is 11.7 Å². The molecule has 1 aliphatic heterocycles. The third-order valence-electron chi connectivity index (χ3n) is 4.98. The highest BCUT2D eigenvalue weighted by Crippen LogP contribution is 2.32. The van der Waals surface area contributed by atoms with Gasteiger partial charge in [0.15, 0.2) is 0 Å². The van der Waals surface area contributed by atoms with E-state index in [0.29, 0.717) is 36.5 Å². The number of pyridine rings is 2. The number of aromatic nitrogens is 2. The molecule has 1 fully saturated rings. The van der Waals surface area contributed by atoms with E-state index in [1.807, 2.05) is 4.90 Å². The Labute approximate surface area is 185 Å². The molecule has 0 bridgehead atoms. The van der Waals surface area contributed by atoms with Gasteiger partial charge in [-0.2, -0.15) is 4.39 Å². The number of benzene rings is 1. The zero-order valence-electron chi connectivity index (χ0n) is 17.0. The molecule has 1 amide bonds. The van der Waals surface area contributed by atoms with Crippen molar-refractivity contribution in [2.24, 2.45) is 0 Å². The number of carbonyl (C=O) groups excluding carboxylic acids is 1. The van der Waals surface area contributed by atoms with E-state index in [0.717, 1.165) is 12.1 Å². The lowest BCUT2D eigenvalue weighted by Crippen LogP contribution is -2.23. The Morgan fingerprint density at radius 3 is 2.48 bits per heavy atom. The van der Waals surface area contributed by atoms with E-state index in [1.54, 1.807) is 6.07 Å². The maximum atomic E-state index is 13.3. The van der Waals surface area contributed by atoms with E-state index in [1.165, 1.54) is 36.7 Å². The number of carbonyl (C=O) groups is 1. The molecule has 2 aromatic heterocycles. The number of hydrogen-bond acceptors (Lipinski definition) is 6. The summed E-state index contributed by atoms with van der Waals surface area (Å²) < 4.78 is 54.0. The second kappa shape index (κ2) is 9.02. The Hall–Kier alpha value is -3.73. The standard InChI is InChI=1S/C22H18F4N4O3/c23-19-6-1-13(10-27-19)18-9-14(11-28-20(18)30-8-7-16(31)12-30)21(32)29-15-2-4-17(5-3-15)33-22(24,25)26/h1-6,9-11,16,31H,7-8,12H2,(H,29,32). The molecule has 1 aliphatic rings. The van der Waals surface area contributed by atoms with Crippen LogP contribution in [0.5, 0.6) is 5.75 Å². The molecule has 7 nitrogen and oxygen atoms in total. The van der Waals surface area contributed by atoms with Crippen LogP contribution in [0, 0.1) is 5.95 Å². The van der Waals surface area contributed by atoms with E-state index in [4.69, 9.17) is 0 Å². The van der Waals surface area contributed by atoms with Gasteiger partial charge in [0, 0.05) is 42.3 Å². The highest BCUT2D eigenvalue weighted by molar-refractivity contribution is 6.05. The Kier molecular flexibility index (Phi) is 6.14. The maximum absolute atomic E-state index is 13.3. The van der Waals surface area contributed by atoms with Gasteiger partial charge in [-0.1, -0.05) is 0 Å². The summed E-state index contributed by atoms with van der Waals surface area (Å²) in [6.45, 7) is 0.931. The number of amides is 1. The number of anilines is 2. The van der Waals surface area contributed by atoms with Gasteiger partial charge in [-0.05, 0) is 48.9 Å². The first kappa shape index (κ1) is 22.5. The zero-order valence-corrected chi connectivity index (χ0v) is 17.0. The fourth-order valence-corrected chi connectivity index (χ4v) is 3.46. The summed E-state index contributed by atoms with van der Waals surface area (Å²) in [4.78, 5) is 22.7. The third kappa shape index (κ3) is 5.55. The summed E-state index contributed by atoms with van der Waals surface area (Å²) in [6.07, 6.45) is -2.06. The van der Waals surface area contributed by atoms with Gasteiger partial charge in [-0.15, -0.1) is 13.2 Å². The molecule has 3 heterocycles. The van der Waals surface area contributed by atoms with Crippen molar-refractivity contribution in [1.29, 1.82) is 0 Å². The highest BCUT2D eigenvalue weighted by atomic mass is 19.4. The average Bonchev–Trinajstić information content (AvgIpc) is 3.20. The van der Waals surface area contributed by atoms with Crippen LogP contribution in [-0.2, 0) is 0 Å². The quantitative estimate of drug-likeness (QED) is 0.440. The minimum atomic E-state index is -4.81. The topological polar surface area (TPSA) is 87.6 Å². The normalized spacial score (nSPS) is 16.0. The molecule has 4 rings (SSSR count). The number of nitrogens with one attached hydrogen (secondary N) is 1. The highest BCUT2D eigenvalue weighted by Gasteiger charge is 2.31. The van der Waals surface area contributed by atoms with Crippen LogP contribution in [0.1, 0.15) is 16.8 Å². The van der Waals surface area contributed by atoms with Gasteiger partial charge in [-0.25, -0.2) is 9.97 Å². The molecule has 1 saturated heterocycles. The van der Waals surface area contributed by atoms with Crippen LogP contribution in [0.4, 0.5) is 29.1 Å². The van der Waals surface area contributed by atoms with Gasteiger partial charge in [0.2, 0.25) is 5.95 Å². The van der Waals surface area contributed by atoms with E-state index in [-0.39, 0.29) is 11.3 Å². The number of ether oxygens (including phenoxy) is 1. The Morgan fingerprint density at radius 2 is 1.88 bits per heavy atom. The first-order valence-corrected chi connectivity index (χ1v) is 9.90. The van der Waals surface area contributed by atoms with Crippen molar-refractivity contribution in [2.75, 3.05) is 23.3 Å². The van der Waals surface area contributed by atoms with Crippen molar-refractivity contribution >= 4 is 17.4 Å². The summed E-state index contributed by atoms with van der Waals surface area (Å²) in [7, 11) is 0. The number of hydrogen-bond donors (Lipinski definition) is 2. The maximum Gasteiger partial charge on any atom is 0.573 e. The third-order valence-corrected chi connectivity index (χ3v) is 4.98. The number of rotatable bonds is 5. The largest absolute Gasteiger partial charge is 0.573 e. The van der Waals surface area contributed by atoms with Crippen molar-refractivity contribution in [2.45, 2.75) is 18.9 Å². The smallest absolute Gasteiger partial charge is 0.406 e. The lowest BCUT2D eigenvalue weighted by Gasteiger charge is -2.21. The number of β-amino-alcohol motifs (C(OH)–C–C–N with tert-alkyl or cyclic N) is 1. The minimum Gasteiger partial charge on any atom is -0.406 e. The molecule has 0 radical (unpaired) electrons. The monoisotopic (exact) mass is 462 g/mol. The molecular formula is C22H18F4N4O3. The molecule has 0 aliphatic carbocycles. The van der Waals surface area contributed by atoms with Gasteiger partial charge in [-0.3, -0.25) is 4.79 Å². The summed E-state index contributed by atoms with van der Waals surface area (Å²) >= 11 is 0. The molecule has 0 spiro atoms. The number of aliphatic hydroxyl groups excluding tert-OH is 1. The molecule has 3 aromatic rings. The molecule has 1 aromatic carbocycles. The fourth-order valence-electron chi connectivity index (χ4n) is 3.46. The van der Waals surface area contributed by atoms with Crippen LogP contribution in [0.3, 0.4) is 0 Å². The summed E-state index contributed by atoms with van der Waals surface area (Å²) in [5, 5.41) is 12.5. The average molecular weight is 462 g/mol. The number of alkyl halides is 3. The molecule has 33 heavy (non-hydrogen) atoms. The predicted octanol–water partition coefficient (Wildman–Crippen LogP) is 4.00. The van der Waals surface area contributed by atoms with Crippen molar-refractivity contribution < 1.29 is 32.2 Å². The summed E-state index contributed by atoms with van der Waals surface area (Å²) in [6, 6.07) is 8.98. The first-order valence-electron chi connectivity index (χ1n) is 9.90. The molecule has 2 N–H and O–H groups in total. The second-order valence-corrected chi connectivity index (χ2v) is 7.38. The SMILES string of the molecule is O=C(Nc1ccc(OC(F)(F)F)cc1)c1cnc(N2CCC(O)C2)c(-c2ccc(F)nc2)c1. The Balaban J connectivity index is 1.59. The van der Waals surface area contributed by atoms with E-state index < -0.39 is 30.1 Å². The van der Waals surface area contributed by atoms with Crippen molar-refractivity contribution in [3.63, 3.8) is 0 Å². The Morgan fingerprint density at radius 1 is 1.12 bits per heavy atom. The van der Waals surface area contributed by atoms with Crippen LogP contribution < -0.4 is 15.0 Å². The Bertz CT molecular complexity index is 1140. The van der Waals surface area contributed by atoms with Crippen LogP contribution in [-0.4, -0.2) is 46.5 Å². The summed E-state index contributed by atoms with van der Waals surface area (Å²) in [5.74, 6) is -1.09. The van der Waals surface area contributed by atoms with Gasteiger partial charge < -0.3 is 20.1 Å². The molecule has 1 atom stereocenters. The molecular weight excluding hydrogens is 444 g/mol. The molecule has 1 unspecified atom stereocenters. The number of aliphatic hydroxyl groups is 1. The van der Waals surface area contributed by atoms with Crippen LogP contribution in [0.15, 0.2) is 54.9 Å². The van der Waals surface area contributed by atoms with Crippen molar-refractivity contribution in [3.05, 3.63) is 66.4 Å². The molecule has 11 heteroatoms. The van der Waals surface area contributed by atoms with Gasteiger partial charge in [0.25, 0.3) is 5.91 Å². The van der Waals surface area contributed by atoms with E-state index >= 15 is 0 Å². The summed E-state index contributed by atoms with van der Waals surface area (Å²) in [5.41, 5.74) is 1.49. The lowest BCUT2D eigenvalue weighted by molar-refractivity contribution is -0.274. The second-order valence-electron chi connectivity index (χ2n) is 7.38. The number of nitrogens with zero attached hydrogens (tertiary/aromatic N) is 3. The lowest BCUT2D eigenvalue weighted by atomic mass is 10.1. The van der Waals surface area contributed by atoms with Crippen molar-refractivity contribution in [1.82, 2.24) is 9.97 Å². The first-order chi connectivity index (χ1) is 15.7. The predicted molar refractivity (Wildman–Crippen MR) is 111 cm³/mol. The number of halogens is 4.